The zero-order chi connectivity index (χ0) is 13.4. The Morgan fingerprint density at radius 1 is 1.42 bits per heavy atom. The first kappa shape index (κ1) is 12.3. The third-order valence-electron chi connectivity index (χ3n) is 3.91. The van der Waals surface area contributed by atoms with E-state index in [0.717, 1.165) is 19.4 Å². The molecule has 4 unspecified atom stereocenters. The Hall–Kier alpha value is -1.73. The van der Waals surface area contributed by atoms with Crippen LogP contribution in [0, 0.1) is 5.92 Å². The second-order valence-electron chi connectivity index (χ2n) is 5.01. The van der Waals surface area contributed by atoms with Crippen LogP contribution in [0.5, 0.6) is 0 Å². The van der Waals surface area contributed by atoms with Gasteiger partial charge in [0.15, 0.2) is 11.5 Å². The Bertz CT molecular complexity index is 495. The fourth-order valence-corrected chi connectivity index (χ4v) is 2.91. The SMILES string of the molecule is NC(=O)c1nccnc1NC1C(N)C2CCCOC21. The maximum atomic E-state index is 11.3. The Kier molecular flexibility index (Phi) is 3.08. The Balaban J connectivity index is 1.77. The average molecular weight is 263 g/mol. The molecule has 0 spiro atoms. The molecule has 1 aromatic heterocycles. The summed E-state index contributed by atoms with van der Waals surface area (Å²) in [5.41, 5.74) is 11.6. The molecule has 2 aliphatic rings. The third kappa shape index (κ3) is 2.04. The summed E-state index contributed by atoms with van der Waals surface area (Å²) in [6.45, 7) is 0.759. The van der Waals surface area contributed by atoms with Gasteiger partial charge in [0.1, 0.15) is 0 Å². The minimum absolute atomic E-state index is 0.00744. The van der Waals surface area contributed by atoms with Crippen molar-refractivity contribution in [1.29, 1.82) is 0 Å². The lowest BCUT2D eigenvalue weighted by Gasteiger charge is -2.52. The summed E-state index contributed by atoms with van der Waals surface area (Å²) in [4.78, 5) is 19.3. The molecule has 4 atom stereocenters. The zero-order valence-electron chi connectivity index (χ0n) is 10.5. The lowest BCUT2D eigenvalue weighted by atomic mass is 9.68. The number of fused-ring (bicyclic) bond motifs is 1. The molecule has 1 saturated carbocycles. The van der Waals surface area contributed by atoms with E-state index < -0.39 is 5.91 Å². The Labute approximate surface area is 110 Å². The van der Waals surface area contributed by atoms with Crippen molar-refractivity contribution >= 4 is 11.7 Å². The first-order valence-electron chi connectivity index (χ1n) is 6.43. The van der Waals surface area contributed by atoms with Crippen LogP contribution in [0.4, 0.5) is 5.82 Å². The summed E-state index contributed by atoms with van der Waals surface area (Å²) in [5, 5.41) is 3.15. The molecule has 5 N–H and O–H groups in total. The predicted octanol–water partition coefficient (Wildman–Crippen LogP) is -0.508. The van der Waals surface area contributed by atoms with Gasteiger partial charge in [-0.25, -0.2) is 9.97 Å². The van der Waals surface area contributed by atoms with E-state index in [2.05, 4.69) is 15.3 Å². The minimum atomic E-state index is -0.607. The van der Waals surface area contributed by atoms with Gasteiger partial charge >= 0.3 is 0 Å². The maximum Gasteiger partial charge on any atom is 0.271 e. The lowest BCUT2D eigenvalue weighted by Crippen LogP contribution is -2.69. The van der Waals surface area contributed by atoms with Gasteiger partial charge in [-0.05, 0) is 12.8 Å². The van der Waals surface area contributed by atoms with Gasteiger partial charge in [-0.2, -0.15) is 0 Å². The van der Waals surface area contributed by atoms with E-state index >= 15 is 0 Å². The molecule has 0 bridgehead atoms. The van der Waals surface area contributed by atoms with E-state index in [1.165, 1.54) is 12.4 Å². The van der Waals surface area contributed by atoms with Crippen molar-refractivity contribution in [3.63, 3.8) is 0 Å². The van der Waals surface area contributed by atoms with Crippen LogP contribution in [0.3, 0.4) is 0 Å². The number of ether oxygens (including phenoxy) is 1. The van der Waals surface area contributed by atoms with E-state index in [0.29, 0.717) is 11.7 Å². The highest BCUT2D eigenvalue weighted by Crippen LogP contribution is 2.38. The van der Waals surface area contributed by atoms with E-state index in [9.17, 15) is 4.79 Å². The van der Waals surface area contributed by atoms with Crippen LogP contribution in [0.1, 0.15) is 23.3 Å². The summed E-state index contributed by atoms with van der Waals surface area (Å²) in [7, 11) is 0. The smallest absolute Gasteiger partial charge is 0.271 e. The molecule has 1 saturated heterocycles. The van der Waals surface area contributed by atoms with Gasteiger partial charge in [0.25, 0.3) is 5.91 Å². The number of aromatic nitrogens is 2. The standard InChI is InChI=1S/C12H17N5O2/c13-7-6-2-1-5-19-10(6)8(7)17-12-9(11(14)18)15-3-4-16-12/h3-4,6-8,10H,1-2,5,13H2,(H2,14,18)(H,16,17). The number of primary amides is 1. The van der Waals surface area contributed by atoms with Crippen molar-refractivity contribution in [3.8, 4) is 0 Å². The van der Waals surface area contributed by atoms with Crippen molar-refractivity contribution < 1.29 is 9.53 Å². The second kappa shape index (κ2) is 4.75. The first-order chi connectivity index (χ1) is 9.18. The highest BCUT2D eigenvalue weighted by atomic mass is 16.5. The molecule has 19 heavy (non-hydrogen) atoms. The zero-order valence-corrected chi connectivity index (χ0v) is 10.5. The summed E-state index contributed by atoms with van der Waals surface area (Å²) >= 11 is 0. The average Bonchev–Trinajstić information content (AvgIpc) is 2.44. The number of carbonyl (C=O) groups excluding carboxylic acids is 1. The van der Waals surface area contributed by atoms with Crippen molar-refractivity contribution in [2.45, 2.75) is 31.0 Å². The molecule has 1 aliphatic heterocycles. The number of amides is 1. The van der Waals surface area contributed by atoms with Gasteiger partial charge < -0.3 is 21.5 Å². The number of nitrogens with one attached hydrogen (secondary N) is 1. The molecule has 1 aromatic rings. The highest BCUT2D eigenvalue weighted by molar-refractivity contribution is 5.95. The Morgan fingerprint density at radius 2 is 2.21 bits per heavy atom. The summed E-state index contributed by atoms with van der Waals surface area (Å²) < 4.78 is 5.73. The van der Waals surface area contributed by atoms with E-state index in [1.54, 1.807) is 0 Å². The fourth-order valence-electron chi connectivity index (χ4n) is 2.91. The van der Waals surface area contributed by atoms with Crippen LogP contribution in [0.2, 0.25) is 0 Å². The molecule has 3 rings (SSSR count). The van der Waals surface area contributed by atoms with Gasteiger partial charge in [0, 0.05) is 31.0 Å². The normalized spacial score (nSPS) is 33.1. The number of nitrogens with two attached hydrogens (primary N) is 2. The van der Waals surface area contributed by atoms with Crippen LogP contribution < -0.4 is 16.8 Å². The largest absolute Gasteiger partial charge is 0.376 e. The number of nitrogens with zero attached hydrogens (tertiary/aromatic N) is 2. The van der Waals surface area contributed by atoms with Crippen LogP contribution in [-0.2, 0) is 4.74 Å². The molecule has 2 fully saturated rings. The summed E-state index contributed by atoms with van der Waals surface area (Å²) in [6, 6.07) is -0.0341. The van der Waals surface area contributed by atoms with Crippen molar-refractivity contribution in [3.05, 3.63) is 18.1 Å². The number of hydrogen-bond donors (Lipinski definition) is 3. The predicted molar refractivity (Wildman–Crippen MR) is 68.4 cm³/mol. The summed E-state index contributed by atoms with van der Waals surface area (Å²) in [5.74, 6) is 0.160. The van der Waals surface area contributed by atoms with E-state index in [-0.39, 0.29) is 23.9 Å². The van der Waals surface area contributed by atoms with Gasteiger partial charge in [0.2, 0.25) is 0 Å². The number of rotatable bonds is 3. The molecule has 1 aliphatic carbocycles. The van der Waals surface area contributed by atoms with E-state index in [4.69, 9.17) is 16.2 Å². The van der Waals surface area contributed by atoms with Crippen LogP contribution in [-0.4, -0.2) is 40.7 Å². The van der Waals surface area contributed by atoms with Gasteiger partial charge in [-0.3, -0.25) is 4.79 Å². The third-order valence-corrected chi connectivity index (χ3v) is 3.91. The lowest BCUT2D eigenvalue weighted by molar-refractivity contribution is -0.104. The van der Waals surface area contributed by atoms with Crippen molar-refractivity contribution in [2.24, 2.45) is 17.4 Å². The molecule has 7 heteroatoms. The number of carbonyl (C=O) groups is 1. The summed E-state index contributed by atoms with van der Waals surface area (Å²) in [6.07, 6.45) is 5.18. The fraction of sp³-hybridized carbons (Fsp3) is 0.583. The molecule has 2 heterocycles. The maximum absolute atomic E-state index is 11.3. The molecule has 0 radical (unpaired) electrons. The number of anilines is 1. The minimum Gasteiger partial charge on any atom is -0.376 e. The number of hydrogen-bond acceptors (Lipinski definition) is 6. The van der Waals surface area contributed by atoms with Gasteiger partial charge in [0.05, 0.1) is 12.1 Å². The first-order valence-corrected chi connectivity index (χ1v) is 6.43. The van der Waals surface area contributed by atoms with Crippen LogP contribution >= 0.6 is 0 Å². The van der Waals surface area contributed by atoms with E-state index in [1.807, 2.05) is 0 Å². The molecular weight excluding hydrogens is 246 g/mol. The highest BCUT2D eigenvalue weighted by Gasteiger charge is 2.50. The molecule has 1 amide bonds. The molecule has 0 aromatic carbocycles. The van der Waals surface area contributed by atoms with Crippen LogP contribution in [0.25, 0.3) is 0 Å². The molecule has 7 nitrogen and oxygen atoms in total. The van der Waals surface area contributed by atoms with Crippen LogP contribution in [0.15, 0.2) is 12.4 Å². The van der Waals surface area contributed by atoms with Gasteiger partial charge in [-0.1, -0.05) is 0 Å². The molecule has 102 valence electrons. The second-order valence-corrected chi connectivity index (χ2v) is 5.01. The van der Waals surface area contributed by atoms with Crippen molar-refractivity contribution in [1.82, 2.24) is 9.97 Å². The van der Waals surface area contributed by atoms with Gasteiger partial charge in [-0.15, -0.1) is 0 Å². The van der Waals surface area contributed by atoms with Crippen molar-refractivity contribution in [2.75, 3.05) is 11.9 Å². The quantitative estimate of drug-likeness (QED) is 0.676. The topological polar surface area (TPSA) is 116 Å². The monoisotopic (exact) mass is 263 g/mol. The Morgan fingerprint density at radius 3 is 3.00 bits per heavy atom. The molecular formula is C12H17N5O2.